The van der Waals surface area contributed by atoms with Crippen LogP contribution in [0.5, 0.6) is 5.75 Å². The Morgan fingerprint density at radius 3 is 2.82 bits per heavy atom. The summed E-state index contributed by atoms with van der Waals surface area (Å²) < 4.78 is 43.7. The second kappa shape index (κ2) is 7.00. The van der Waals surface area contributed by atoms with Crippen LogP contribution in [0.25, 0.3) is 0 Å². The average molecular weight is 316 g/mol. The minimum atomic E-state index is -4.46. The van der Waals surface area contributed by atoms with Gasteiger partial charge in [0.15, 0.2) is 0 Å². The quantitative estimate of drug-likeness (QED) is 0.875. The minimum absolute atomic E-state index is 0.0149. The second-order valence-electron chi connectivity index (χ2n) is 5.40. The van der Waals surface area contributed by atoms with Crippen molar-refractivity contribution in [2.24, 2.45) is 5.92 Å². The van der Waals surface area contributed by atoms with Crippen LogP contribution in [0.4, 0.5) is 13.2 Å². The number of hydrogen-bond donors (Lipinski definition) is 2. The summed E-state index contributed by atoms with van der Waals surface area (Å²) in [5, 5.41) is 5.86. The fourth-order valence-corrected chi connectivity index (χ4v) is 2.32. The van der Waals surface area contributed by atoms with Crippen LogP contribution in [0.1, 0.15) is 18.9 Å². The molecule has 0 aliphatic carbocycles. The van der Waals surface area contributed by atoms with Crippen LogP contribution < -0.4 is 15.4 Å². The third-order valence-electron chi connectivity index (χ3n) is 3.50. The molecule has 4 nitrogen and oxygen atoms in total. The second-order valence-corrected chi connectivity index (χ2v) is 5.40. The summed E-state index contributed by atoms with van der Waals surface area (Å²) in [6, 6.07) is 4.68. The number of para-hydroxylation sites is 1. The first kappa shape index (κ1) is 16.6. The van der Waals surface area contributed by atoms with Gasteiger partial charge in [-0.3, -0.25) is 4.79 Å². The lowest BCUT2D eigenvalue weighted by Crippen LogP contribution is -2.41. The molecule has 0 saturated carbocycles. The van der Waals surface area contributed by atoms with Gasteiger partial charge in [0, 0.05) is 6.54 Å². The standard InChI is InChI=1S/C15H19F3N2O2/c1-10(20-14(21)11-6-7-19-8-11)9-22-13-5-3-2-4-12(13)15(16,17)18/h2-5,10-11,19H,6-9H2,1H3,(H,20,21). The van der Waals surface area contributed by atoms with E-state index in [4.69, 9.17) is 4.74 Å². The number of nitrogens with one attached hydrogen (secondary N) is 2. The summed E-state index contributed by atoms with van der Waals surface area (Å²) in [5.74, 6) is -0.395. The molecule has 2 rings (SSSR count). The predicted molar refractivity (Wildman–Crippen MR) is 75.5 cm³/mol. The maximum atomic E-state index is 12.8. The molecule has 1 aromatic rings. The molecule has 2 unspecified atom stereocenters. The van der Waals surface area contributed by atoms with Crippen molar-refractivity contribution in [2.75, 3.05) is 19.7 Å². The smallest absolute Gasteiger partial charge is 0.419 e. The lowest BCUT2D eigenvalue weighted by molar-refractivity contribution is -0.139. The van der Waals surface area contributed by atoms with E-state index in [-0.39, 0.29) is 30.2 Å². The molecule has 22 heavy (non-hydrogen) atoms. The Balaban J connectivity index is 1.88. The average Bonchev–Trinajstić information content (AvgIpc) is 2.98. The van der Waals surface area contributed by atoms with Gasteiger partial charge in [-0.1, -0.05) is 12.1 Å². The van der Waals surface area contributed by atoms with Crippen molar-refractivity contribution in [3.63, 3.8) is 0 Å². The molecule has 1 saturated heterocycles. The number of carbonyl (C=O) groups excluding carboxylic acids is 1. The summed E-state index contributed by atoms with van der Waals surface area (Å²) in [4.78, 5) is 11.9. The highest BCUT2D eigenvalue weighted by atomic mass is 19.4. The Hall–Kier alpha value is -1.76. The van der Waals surface area contributed by atoms with E-state index in [1.54, 1.807) is 6.92 Å². The number of benzene rings is 1. The highest BCUT2D eigenvalue weighted by molar-refractivity contribution is 5.79. The lowest BCUT2D eigenvalue weighted by atomic mass is 10.1. The molecule has 1 heterocycles. The number of rotatable bonds is 5. The lowest BCUT2D eigenvalue weighted by Gasteiger charge is -2.19. The molecule has 1 fully saturated rings. The van der Waals surface area contributed by atoms with Gasteiger partial charge in [-0.15, -0.1) is 0 Å². The Morgan fingerprint density at radius 1 is 1.45 bits per heavy atom. The van der Waals surface area contributed by atoms with Gasteiger partial charge >= 0.3 is 6.18 Å². The fraction of sp³-hybridized carbons (Fsp3) is 0.533. The van der Waals surface area contributed by atoms with Crippen LogP contribution in [0.3, 0.4) is 0 Å². The zero-order valence-corrected chi connectivity index (χ0v) is 12.2. The third kappa shape index (κ3) is 4.37. The summed E-state index contributed by atoms with van der Waals surface area (Å²) >= 11 is 0. The number of amides is 1. The zero-order chi connectivity index (χ0) is 16.2. The van der Waals surface area contributed by atoms with Crippen LogP contribution >= 0.6 is 0 Å². The van der Waals surface area contributed by atoms with Crippen LogP contribution in [0.2, 0.25) is 0 Å². The molecule has 1 amide bonds. The van der Waals surface area contributed by atoms with Gasteiger partial charge in [0.1, 0.15) is 12.4 Å². The van der Waals surface area contributed by atoms with Gasteiger partial charge in [-0.05, 0) is 32.0 Å². The highest BCUT2D eigenvalue weighted by Gasteiger charge is 2.34. The molecular formula is C15H19F3N2O2. The molecule has 2 N–H and O–H groups in total. The molecule has 1 aliphatic rings. The molecule has 0 radical (unpaired) electrons. The van der Waals surface area contributed by atoms with E-state index in [1.165, 1.54) is 18.2 Å². The van der Waals surface area contributed by atoms with E-state index in [0.717, 1.165) is 19.0 Å². The molecule has 0 bridgehead atoms. The van der Waals surface area contributed by atoms with E-state index >= 15 is 0 Å². The van der Waals surface area contributed by atoms with Crippen molar-refractivity contribution in [1.82, 2.24) is 10.6 Å². The SMILES string of the molecule is CC(COc1ccccc1C(F)(F)F)NC(=O)C1CCNC1. The first-order valence-corrected chi connectivity index (χ1v) is 7.18. The van der Waals surface area contributed by atoms with Gasteiger partial charge in [0.25, 0.3) is 0 Å². The monoisotopic (exact) mass is 316 g/mol. The van der Waals surface area contributed by atoms with Crippen molar-refractivity contribution in [2.45, 2.75) is 25.6 Å². The van der Waals surface area contributed by atoms with Crippen molar-refractivity contribution in [3.05, 3.63) is 29.8 Å². The van der Waals surface area contributed by atoms with Gasteiger partial charge in [0.2, 0.25) is 5.91 Å². The predicted octanol–water partition coefficient (Wildman–Crippen LogP) is 2.20. The van der Waals surface area contributed by atoms with Crippen molar-refractivity contribution < 1.29 is 22.7 Å². The topological polar surface area (TPSA) is 50.4 Å². The van der Waals surface area contributed by atoms with Gasteiger partial charge < -0.3 is 15.4 Å². The maximum Gasteiger partial charge on any atom is 0.419 e. The summed E-state index contributed by atoms with van der Waals surface area (Å²) in [5.41, 5.74) is -0.812. The number of hydrogen-bond acceptors (Lipinski definition) is 3. The highest BCUT2D eigenvalue weighted by Crippen LogP contribution is 2.35. The molecule has 122 valence electrons. The Labute approximate surface area is 127 Å². The zero-order valence-electron chi connectivity index (χ0n) is 12.2. The van der Waals surface area contributed by atoms with Gasteiger partial charge in [-0.25, -0.2) is 0 Å². The fourth-order valence-electron chi connectivity index (χ4n) is 2.32. The summed E-state index contributed by atoms with van der Waals surface area (Å²) in [7, 11) is 0. The number of carbonyl (C=O) groups is 1. The Morgan fingerprint density at radius 2 is 2.18 bits per heavy atom. The minimum Gasteiger partial charge on any atom is -0.491 e. The van der Waals surface area contributed by atoms with Gasteiger partial charge in [0.05, 0.1) is 17.5 Å². The summed E-state index contributed by atoms with van der Waals surface area (Å²) in [6.07, 6.45) is -3.69. The Bertz CT molecular complexity index is 514. The number of halogens is 3. The first-order chi connectivity index (χ1) is 10.4. The normalized spacial score (nSPS) is 19.7. The third-order valence-corrected chi connectivity index (χ3v) is 3.50. The molecule has 1 aliphatic heterocycles. The maximum absolute atomic E-state index is 12.8. The largest absolute Gasteiger partial charge is 0.491 e. The van der Waals surface area contributed by atoms with E-state index in [2.05, 4.69) is 10.6 Å². The number of ether oxygens (including phenoxy) is 1. The van der Waals surface area contributed by atoms with E-state index in [0.29, 0.717) is 6.54 Å². The molecule has 2 atom stereocenters. The summed E-state index contributed by atoms with van der Waals surface area (Å²) in [6.45, 7) is 3.13. The molecule has 7 heteroatoms. The van der Waals surface area contributed by atoms with Crippen molar-refractivity contribution in [3.8, 4) is 5.75 Å². The van der Waals surface area contributed by atoms with Gasteiger partial charge in [-0.2, -0.15) is 13.2 Å². The Kier molecular flexibility index (Phi) is 5.28. The van der Waals surface area contributed by atoms with Crippen LogP contribution in [0, 0.1) is 5.92 Å². The molecule has 0 aromatic heterocycles. The van der Waals surface area contributed by atoms with E-state index < -0.39 is 11.7 Å². The molecule has 1 aromatic carbocycles. The van der Waals surface area contributed by atoms with E-state index in [1.807, 2.05) is 0 Å². The number of alkyl halides is 3. The van der Waals surface area contributed by atoms with Crippen molar-refractivity contribution in [1.29, 1.82) is 0 Å². The van der Waals surface area contributed by atoms with E-state index in [9.17, 15) is 18.0 Å². The molecule has 0 spiro atoms. The first-order valence-electron chi connectivity index (χ1n) is 7.18. The molecular weight excluding hydrogens is 297 g/mol. The van der Waals surface area contributed by atoms with Crippen molar-refractivity contribution >= 4 is 5.91 Å². The van der Waals surface area contributed by atoms with Crippen LogP contribution in [0.15, 0.2) is 24.3 Å². The van der Waals surface area contributed by atoms with Crippen LogP contribution in [-0.4, -0.2) is 31.6 Å². The van der Waals surface area contributed by atoms with Crippen LogP contribution in [-0.2, 0) is 11.0 Å².